The topological polar surface area (TPSA) is 108 Å². The zero-order chi connectivity index (χ0) is 27.9. The summed E-state index contributed by atoms with van der Waals surface area (Å²) < 4.78 is 13.8. The maximum absolute atomic E-state index is 12.4. The molecule has 1 fully saturated rings. The molecule has 0 spiro atoms. The van der Waals surface area contributed by atoms with Gasteiger partial charge in [0.2, 0.25) is 0 Å². The Morgan fingerprint density at radius 3 is 2.45 bits per heavy atom. The molecule has 0 saturated carbocycles. The van der Waals surface area contributed by atoms with Crippen LogP contribution in [0.15, 0.2) is 102 Å². The van der Waals surface area contributed by atoms with E-state index in [1.165, 1.54) is 24.2 Å². The van der Waals surface area contributed by atoms with Gasteiger partial charge in [0.05, 0.1) is 24.4 Å². The zero-order valence-corrected chi connectivity index (χ0v) is 22.9. The number of carbonyl (C=O) groups is 1. The van der Waals surface area contributed by atoms with Crippen molar-refractivity contribution in [2.75, 3.05) is 5.75 Å². The van der Waals surface area contributed by atoms with Gasteiger partial charge >= 0.3 is 0 Å². The molecule has 1 aliphatic heterocycles. The Labute approximate surface area is 237 Å². The summed E-state index contributed by atoms with van der Waals surface area (Å²) in [6.07, 6.45) is 3.61. The quantitative estimate of drug-likeness (QED) is 0.174. The highest BCUT2D eigenvalue weighted by Crippen LogP contribution is 2.42. The molecule has 1 saturated heterocycles. The molecule has 0 radical (unpaired) electrons. The van der Waals surface area contributed by atoms with Gasteiger partial charge in [-0.3, -0.25) is 9.78 Å². The summed E-state index contributed by atoms with van der Waals surface area (Å²) in [5.41, 5.74) is 4.15. The van der Waals surface area contributed by atoms with E-state index in [1.807, 2.05) is 54.6 Å². The van der Waals surface area contributed by atoms with Gasteiger partial charge in [0.15, 0.2) is 12.5 Å². The van der Waals surface area contributed by atoms with Crippen molar-refractivity contribution < 1.29 is 24.1 Å². The minimum atomic E-state index is -0.612. The molecule has 4 atom stereocenters. The molecule has 8 nitrogen and oxygen atoms in total. The number of rotatable bonds is 9. The fourth-order valence-corrected chi connectivity index (χ4v) is 5.66. The van der Waals surface area contributed by atoms with Crippen LogP contribution in [0.1, 0.15) is 51.9 Å². The number of thioether (sulfide) groups is 1. The van der Waals surface area contributed by atoms with Crippen molar-refractivity contribution in [3.8, 4) is 0 Å². The summed E-state index contributed by atoms with van der Waals surface area (Å²) in [6.45, 7) is 2.45. The number of carbonyl (C=O) groups excluding carboxylic acids is 1. The Hall–Kier alpha value is -3.76. The third kappa shape index (κ3) is 6.68. The first-order valence-corrected chi connectivity index (χ1v) is 14.1. The molecular formula is C31H31N3O5S. The standard InChI is InChI=1S/C31H31N3O5S/c1-21-27(20-40-28-6-2-3-16-34(28)37)38-31(39-29(21)24-11-9-23(19-35)10-12-24)25-13-7-22(8-14-25)17-33-30(36)26-5-4-15-32-18-26/h2-16,18,21,27,29,31,35H,17,19-20H2,1H3,(H,33,36)/t21-,27+,29+,31+/m1/s1. The maximum atomic E-state index is 12.4. The first-order chi connectivity index (χ1) is 19.5. The van der Waals surface area contributed by atoms with E-state index in [0.717, 1.165) is 27.0 Å². The molecule has 2 aromatic carbocycles. The Morgan fingerprint density at radius 1 is 1.00 bits per heavy atom. The molecule has 3 heterocycles. The number of hydrogen-bond donors (Lipinski definition) is 2. The first-order valence-electron chi connectivity index (χ1n) is 13.1. The molecule has 2 aromatic heterocycles. The van der Waals surface area contributed by atoms with Crippen LogP contribution in [0.25, 0.3) is 0 Å². The molecule has 1 aliphatic rings. The molecule has 4 aromatic rings. The van der Waals surface area contributed by atoms with Crippen molar-refractivity contribution in [2.45, 2.75) is 43.6 Å². The van der Waals surface area contributed by atoms with Crippen LogP contribution in [-0.2, 0) is 22.6 Å². The van der Waals surface area contributed by atoms with Crippen LogP contribution in [0.5, 0.6) is 0 Å². The van der Waals surface area contributed by atoms with E-state index in [1.54, 1.807) is 30.5 Å². The Balaban J connectivity index is 1.31. The third-order valence-electron chi connectivity index (χ3n) is 6.94. The number of benzene rings is 2. The van der Waals surface area contributed by atoms with Crippen molar-refractivity contribution in [1.82, 2.24) is 10.3 Å². The lowest BCUT2D eigenvalue weighted by Crippen LogP contribution is -2.39. The number of nitrogens with zero attached hydrogens (tertiary/aromatic N) is 2. The lowest BCUT2D eigenvalue weighted by atomic mass is 9.91. The van der Waals surface area contributed by atoms with Crippen LogP contribution in [0.4, 0.5) is 0 Å². The van der Waals surface area contributed by atoms with E-state index in [9.17, 15) is 15.1 Å². The molecule has 0 bridgehead atoms. The molecule has 5 rings (SSSR count). The summed E-state index contributed by atoms with van der Waals surface area (Å²) in [5, 5.41) is 25.2. The highest BCUT2D eigenvalue weighted by molar-refractivity contribution is 7.99. The second kappa shape index (κ2) is 13.1. The van der Waals surface area contributed by atoms with E-state index in [-0.39, 0.29) is 30.6 Å². The molecule has 0 unspecified atom stereocenters. The summed E-state index contributed by atoms with van der Waals surface area (Å²) >= 11 is 1.46. The highest BCUT2D eigenvalue weighted by atomic mass is 32.2. The van der Waals surface area contributed by atoms with Gasteiger partial charge in [0, 0.05) is 48.3 Å². The van der Waals surface area contributed by atoms with Crippen LogP contribution in [0.3, 0.4) is 0 Å². The lowest BCUT2D eigenvalue weighted by Gasteiger charge is -2.41. The van der Waals surface area contributed by atoms with Gasteiger partial charge < -0.3 is 25.1 Å². The van der Waals surface area contributed by atoms with E-state index in [0.29, 0.717) is 22.9 Å². The van der Waals surface area contributed by atoms with Crippen molar-refractivity contribution in [3.05, 3.63) is 130 Å². The second-order valence-corrected chi connectivity index (χ2v) is 10.7. The predicted molar refractivity (Wildman–Crippen MR) is 151 cm³/mol. The summed E-state index contributed by atoms with van der Waals surface area (Å²) in [7, 11) is 0. The zero-order valence-electron chi connectivity index (χ0n) is 22.1. The minimum absolute atomic E-state index is 0.00880. The smallest absolute Gasteiger partial charge is 0.253 e. The molecular weight excluding hydrogens is 526 g/mol. The van der Waals surface area contributed by atoms with Gasteiger partial charge in [-0.05, 0) is 34.9 Å². The molecule has 206 valence electrons. The maximum Gasteiger partial charge on any atom is 0.253 e. The van der Waals surface area contributed by atoms with Crippen LogP contribution in [0.2, 0.25) is 0 Å². The molecule has 1 amide bonds. The molecule has 0 aliphatic carbocycles. The third-order valence-corrected chi connectivity index (χ3v) is 8.04. The average molecular weight is 558 g/mol. The monoisotopic (exact) mass is 557 g/mol. The Kier molecular flexibility index (Phi) is 9.08. The number of aromatic nitrogens is 2. The van der Waals surface area contributed by atoms with Gasteiger partial charge in [-0.25, -0.2) is 0 Å². The second-order valence-electron chi connectivity index (χ2n) is 9.66. The van der Waals surface area contributed by atoms with Crippen LogP contribution in [-0.4, -0.2) is 27.9 Å². The number of aliphatic hydroxyl groups is 1. The van der Waals surface area contributed by atoms with Crippen LogP contribution < -0.4 is 10.0 Å². The number of pyridine rings is 2. The molecule has 2 N–H and O–H groups in total. The summed E-state index contributed by atoms with van der Waals surface area (Å²) in [4.78, 5) is 16.4. The number of aliphatic hydroxyl groups excluding tert-OH is 1. The van der Waals surface area contributed by atoms with Crippen molar-refractivity contribution in [1.29, 1.82) is 0 Å². The largest absolute Gasteiger partial charge is 0.618 e. The van der Waals surface area contributed by atoms with Gasteiger partial charge in [-0.2, -0.15) is 4.73 Å². The summed E-state index contributed by atoms with van der Waals surface area (Å²) in [6, 6.07) is 24.4. The van der Waals surface area contributed by atoms with E-state index < -0.39 is 6.29 Å². The SMILES string of the molecule is C[C@@H]1[C@H](CSc2cccc[n+]2[O-])O[C@H](c2ccc(CNC(=O)c3cccnc3)cc2)O[C@@H]1c1ccc(CO)cc1. The number of ether oxygens (including phenoxy) is 2. The predicted octanol–water partition coefficient (Wildman–Crippen LogP) is 4.72. The first kappa shape index (κ1) is 27.8. The minimum Gasteiger partial charge on any atom is -0.618 e. The fraction of sp³-hybridized carbons (Fsp3) is 0.258. The Morgan fingerprint density at radius 2 is 1.75 bits per heavy atom. The number of hydrogen-bond acceptors (Lipinski definition) is 7. The fourth-order valence-electron chi connectivity index (χ4n) is 4.58. The molecule has 9 heteroatoms. The van der Waals surface area contributed by atoms with Crippen LogP contribution in [0, 0.1) is 11.1 Å². The van der Waals surface area contributed by atoms with Gasteiger partial charge in [0.1, 0.15) is 0 Å². The van der Waals surface area contributed by atoms with E-state index in [2.05, 4.69) is 17.2 Å². The highest BCUT2D eigenvalue weighted by Gasteiger charge is 2.38. The number of nitrogens with one attached hydrogen (secondary N) is 1. The Bertz CT molecular complexity index is 1400. The van der Waals surface area contributed by atoms with Crippen LogP contribution >= 0.6 is 11.8 Å². The summed E-state index contributed by atoms with van der Waals surface area (Å²) in [5.74, 6) is 0.407. The lowest BCUT2D eigenvalue weighted by molar-refractivity contribution is -0.645. The van der Waals surface area contributed by atoms with E-state index in [4.69, 9.17) is 9.47 Å². The van der Waals surface area contributed by atoms with Crippen molar-refractivity contribution in [2.24, 2.45) is 5.92 Å². The van der Waals surface area contributed by atoms with Gasteiger partial charge in [-0.15, -0.1) is 0 Å². The van der Waals surface area contributed by atoms with Crippen molar-refractivity contribution >= 4 is 17.7 Å². The van der Waals surface area contributed by atoms with Crippen molar-refractivity contribution in [3.63, 3.8) is 0 Å². The average Bonchev–Trinajstić information content (AvgIpc) is 3.01. The van der Waals surface area contributed by atoms with Gasteiger partial charge in [-0.1, -0.05) is 67.2 Å². The normalized spacial score (nSPS) is 20.6. The number of amides is 1. The molecule has 40 heavy (non-hydrogen) atoms. The van der Waals surface area contributed by atoms with E-state index >= 15 is 0 Å². The van der Waals surface area contributed by atoms with Gasteiger partial charge in [0.25, 0.3) is 10.9 Å².